The average molecular weight is 263 g/mol. The predicted molar refractivity (Wildman–Crippen MR) is 70.8 cm³/mol. The Morgan fingerprint density at radius 3 is 2.84 bits per heavy atom. The van der Waals surface area contributed by atoms with E-state index in [1.807, 2.05) is 26.2 Å². The Morgan fingerprint density at radius 1 is 1.53 bits per heavy atom. The van der Waals surface area contributed by atoms with Gasteiger partial charge in [-0.05, 0) is 13.3 Å². The highest BCUT2D eigenvalue weighted by Gasteiger charge is 2.18. The SMILES string of the molecule is CCC(Nc1ccn(C)n1)C(=O)Nc1cc(C)on1. The van der Waals surface area contributed by atoms with E-state index in [1.165, 1.54) is 0 Å². The zero-order valence-electron chi connectivity index (χ0n) is 11.2. The molecule has 0 aliphatic heterocycles. The molecule has 1 amide bonds. The maximum Gasteiger partial charge on any atom is 0.248 e. The van der Waals surface area contributed by atoms with Crippen molar-refractivity contribution in [1.82, 2.24) is 14.9 Å². The Bertz CT molecular complexity index is 560. The van der Waals surface area contributed by atoms with Crippen LogP contribution in [0.15, 0.2) is 22.9 Å². The normalized spacial score (nSPS) is 12.2. The Morgan fingerprint density at radius 2 is 2.32 bits per heavy atom. The van der Waals surface area contributed by atoms with E-state index in [1.54, 1.807) is 17.7 Å². The molecule has 0 radical (unpaired) electrons. The third kappa shape index (κ3) is 3.34. The maximum atomic E-state index is 12.1. The van der Waals surface area contributed by atoms with Crippen LogP contribution in [0.2, 0.25) is 0 Å². The van der Waals surface area contributed by atoms with Crippen LogP contribution in [0.1, 0.15) is 19.1 Å². The Kier molecular flexibility index (Phi) is 3.84. The predicted octanol–water partition coefficient (Wildman–Crippen LogP) is 1.55. The number of aryl methyl sites for hydroxylation is 2. The lowest BCUT2D eigenvalue weighted by molar-refractivity contribution is -0.117. The molecule has 2 aromatic rings. The number of amides is 1. The first-order chi connectivity index (χ1) is 9.08. The highest BCUT2D eigenvalue weighted by Crippen LogP contribution is 2.10. The number of hydrogen-bond donors (Lipinski definition) is 2. The van der Waals surface area contributed by atoms with Gasteiger partial charge in [-0.3, -0.25) is 9.48 Å². The first-order valence-corrected chi connectivity index (χ1v) is 6.09. The fourth-order valence-corrected chi connectivity index (χ4v) is 1.66. The summed E-state index contributed by atoms with van der Waals surface area (Å²) in [5, 5.41) is 13.7. The number of aromatic nitrogens is 3. The summed E-state index contributed by atoms with van der Waals surface area (Å²) in [6.07, 6.45) is 2.45. The van der Waals surface area contributed by atoms with Crippen molar-refractivity contribution in [2.45, 2.75) is 26.3 Å². The highest BCUT2D eigenvalue weighted by molar-refractivity contribution is 5.95. The molecule has 0 bridgehead atoms. The molecule has 0 aromatic carbocycles. The lowest BCUT2D eigenvalue weighted by Crippen LogP contribution is -2.34. The molecule has 0 saturated carbocycles. The average Bonchev–Trinajstić information content (AvgIpc) is 2.95. The van der Waals surface area contributed by atoms with E-state index in [-0.39, 0.29) is 11.9 Å². The summed E-state index contributed by atoms with van der Waals surface area (Å²) in [7, 11) is 1.82. The van der Waals surface area contributed by atoms with E-state index in [0.29, 0.717) is 23.8 Å². The van der Waals surface area contributed by atoms with Crippen molar-refractivity contribution in [2.75, 3.05) is 10.6 Å². The van der Waals surface area contributed by atoms with E-state index in [4.69, 9.17) is 4.52 Å². The number of hydrogen-bond acceptors (Lipinski definition) is 5. The number of carbonyl (C=O) groups is 1. The van der Waals surface area contributed by atoms with Gasteiger partial charge >= 0.3 is 0 Å². The summed E-state index contributed by atoms with van der Waals surface area (Å²) in [5.41, 5.74) is 0. The minimum absolute atomic E-state index is 0.165. The standard InChI is InChI=1S/C12H17N5O2/c1-4-9(13-10-5-6-17(3)15-10)12(18)14-11-7-8(2)19-16-11/h5-7,9H,4H2,1-3H3,(H,13,15)(H,14,16,18). The molecule has 19 heavy (non-hydrogen) atoms. The van der Waals surface area contributed by atoms with Gasteiger partial charge in [0.15, 0.2) is 5.82 Å². The summed E-state index contributed by atoms with van der Waals surface area (Å²) < 4.78 is 6.57. The lowest BCUT2D eigenvalue weighted by Gasteiger charge is -2.14. The van der Waals surface area contributed by atoms with Crippen LogP contribution in [0.5, 0.6) is 0 Å². The largest absolute Gasteiger partial charge is 0.360 e. The molecule has 0 saturated heterocycles. The molecule has 0 aliphatic carbocycles. The summed E-state index contributed by atoms with van der Waals surface area (Å²) in [5.74, 6) is 1.58. The van der Waals surface area contributed by atoms with Crippen LogP contribution in [0.4, 0.5) is 11.6 Å². The fraction of sp³-hybridized carbons (Fsp3) is 0.417. The Hall–Kier alpha value is -2.31. The molecule has 2 N–H and O–H groups in total. The second-order valence-electron chi connectivity index (χ2n) is 4.29. The third-order valence-corrected chi connectivity index (χ3v) is 2.64. The van der Waals surface area contributed by atoms with E-state index >= 15 is 0 Å². The summed E-state index contributed by atoms with van der Waals surface area (Å²) in [4.78, 5) is 12.1. The number of carbonyl (C=O) groups excluding carboxylic acids is 1. The van der Waals surface area contributed by atoms with E-state index in [9.17, 15) is 4.79 Å². The van der Waals surface area contributed by atoms with Crippen LogP contribution >= 0.6 is 0 Å². The van der Waals surface area contributed by atoms with Gasteiger partial charge in [0.05, 0.1) is 0 Å². The van der Waals surface area contributed by atoms with Crippen molar-refractivity contribution in [3.8, 4) is 0 Å². The molecule has 7 nitrogen and oxygen atoms in total. The fourth-order valence-electron chi connectivity index (χ4n) is 1.66. The number of anilines is 2. The maximum absolute atomic E-state index is 12.1. The topological polar surface area (TPSA) is 85.0 Å². The van der Waals surface area contributed by atoms with Gasteiger partial charge in [-0.25, -0.2) is 0 Å². The Balaban J connectivity index is 1.98. The number of nitrogens with one attached hydrogen (secondary N) is 2. The Labute approximate surface area is 111 Å². The van der Waals surface area contributed by atoms with Crippen LogP contribution in [0.25, 0.3) is 0 Å². The smallest absolute Gasteiger partial charge is 0.248 e. The van der Waals surface area contributed by atoms with Crippen LogP contribution in [0, 0.1) is 6.92 Å². The first-order valence-electron chi connectivity index (χ1n) is 6.09. The molecular weight excluding hydrogens is 246 g/mol. The molecule has 1 atom stereocenters. The lowest BCUT2D eigenvalue weighted by atomic mass is 10.2. The zero-order valence-corrected chi connectivity index (χ0v) is 11.2. The van der Waals surface area contributed by atoms with Crippen molar-refractivity contribution in [3.05, 3.63) is 24.1 Å². The third-order valence-electron chi connectivity index (χ3n) is 2.64. The second-order valence-corrected chi connectivity index (χ2v) is 4.29. The van der Waals surface area contributed by atoms with Crippen molar-refractivity contribution in [3.63, 3.8) is 0 Å². The second kappa shape index (κ2) is 5.55. The minimum Gasteiger partial charge on any atom is -0.360 e. The van der Waals surface area contributed by atoms with Gasteiger partial charge in [-0.2, -0.15) is 5.10 Å². The summed E-state index contributed by atoms with van der Waals surface area (Å²) >= 11 is 0. The van der Waals surface area contributed by atoms with Gasteiger partial charge in [0, 0.05) is 25.4 Å². The molecule has 0 fully saturated rings. The molecule has 7 heteroatoms. The number of rotatable bonds is 5. The quantitative estimate of drug-likeness (QED) is 0.854. The van der Waals surface area contributed by atoms with Crippen LogP contribution in [0.3, 0.4) is 0 Å². The summed E-state index contributed by atoms with van der Waals surface area (Å²) in [6.45, 7) is 3.69. The molecule has 102 valence electrons. The van der Waals surface area contributed by atoms with Crippen LogP contribution in [-0.4, -0.2) is 26.9 Å². The number of nitrogens with zero attached hydrogens (tertiary/aromatic N) is 3. The van der Waals surface area contributed by atoms with Gasteiger partial charge in [-0.1, -0.05) is 12.1 Å². The van der Waals surface area contributed by atoms with E-state index in [2.05, 4.69) is 20.9 Å². The molecule has 2 aromatic heterocycles. The molecule has 2 heterocycles. The van der Waals surface area contributed by atoms with Gasteiger partial charge < -0.3 is 15.2 Å². The van der Waals surface area contributed by atoms with E-state index < -0.39 is 0 Å². The van der Waals surface area contributed by atoms with E-state index in [0.717, 1.165) is 0 Å². The highest BCUT2D eigenvalue weighted by atomic mass is 16.5. The van der Waals surface area contributed by atoms with Gasteiger partial charge in [0.1, 0.15) is 17.6 Å². The molecule has 2 rings (SSSR count). The van der Waals surface area contributed by atoms with Gasteiger partial charge in [0.25, 0.3) is 0 Å². The van der Waals surface area contributed by atoms with Crippen molar-refractivity contribution < 1.29 is 9.32 Å². The summed E-state index contributed by atoms with van der Waals surface area (Å²) in [6, 6.07) is 3.12. The molecule has 1 unspecified atom stereocenters. The monoisotopic (exact) mass is 263 g/mol. The van der Waals surface area contributed by atoms with Gasteiger partial charge in [0.2, 0.25) is 5.91 Å². The van der Waals surface area contributed by atoms with Crippen LogP contribution in [-0.2, 0) is 11.8 Å². The van der Waals surface area contributed by atoms with Crippen molar-refractivity contribution in [1.29, 1.82) is 0 Å². The minimum atomic E-state index is -0.369. The zero-order chi connectivity index (χ0) is 13.8. The molecule has 0 aliphatic rings. The molecular formula is C12H17N5O2. The van der Waals surface area contributed by atoms with Crippen molar-refractivity contribution >= 4 is 17.5 Å². The van der Waals surface area contributed by atoms with Crippen molar-refractivity contribution in [2.24, 2.45) is 7.05 Å². The molecule has 0 spiro atoms. The van der Waals surface area contributed by atoms with Crippen LogP contribution < -0.4 is 10.6 Å². The van der Waals surface area contributed by atoms with Gasteiger partial charge in [-0.15, -0.1) is 0 Å². The first kappa shape index (κ1) is 13.1.